The van der Waals surface area contributed by atoms with Gasteiger partial charge in [-0.15, -0.1) is 0 Å². The average Bonchev–Trinajstić information content (AvgIpc) is 2.83. The average molecular weight is 500 g/mol. The highest BCUT2D eigenvalue weighted by Crippen LogP contribution is 2.37. The lowest BCUT2D eigenvalue weighted by molar-refractivity contribution is 0.102. The van der Waals surface area contributed by atoms with E-state index in [2.05, 4.69) is 21.2 Å². The van der Waals surface area contributed by atoms with Crippen molar-refractivity contribution < 1.29 is 13.9 Å². The fourth-order valence-corrected chi connectivity index (χ4v) is 4.62. The first kappa shape index (κ1) is 21.0. The molecular weight excluding hydrogens is 482 g/mol. The summed E-state index contributed by atoms with van der Waals surface area (Å²) in [5.41, 5.74) is 2.13. The van der Waals surface area contributed by atoms with E-state index < -0.39 is 5.63 Å². The number of carbonyl (C=O) groups is 1. The molecule has 1 heterocycles. The van der Waals surface area contributed by atoms with Gasteiger partial charge in [-0.05, 0) is 62.6 Å². The Morgan fingerprint density at radius 2 is 1.67 bits per heavy atom. The highest BCUT2D eigenvalue weighted by molar-refractivity contribution is 9.10. The van der Waals surface area contributed by atoms with Crippen LogP contribution >= 0.6 is 15.9 Å². The number of hydrogen-bond donors (Lipinski definition) is 1. The first-order chi connectivity index (χ1) is 16.0. The molecule has 5 rings (SSSR count). The molecule has 33 heavy (non-hydrogen) atoms. The van der Waals surface area contributed by atoms with Crippen molar-refractivity contribution in [1.82, 2.24) is 0 Å². The molecular formula is C27H18BrNO4. The molecule has 0 saturated carbocycles. The van der Waals surface area contributed by atoms with Crippen LogP contribution in [0.2, 0.25) is 0 Å². The van der Waals surface area contributed by atoms with E-state index in [1.54, 1.807) is 36.4 Å². The standard InChI is InChI=1S/C27H18BrNO4/c1-32-25-22(14-17-7-2-4-11-20(17)24(25)28)26(30)29-19-10-6-9-16(13-19)21-15-18-8-3-5-12-23(18)33-27(21)31/h2-15H,1H3,(H,29,30). The van der Waals surface area contributed by atoms with Gasteiger partial charge in [-0.25, -0.2) is 4.79 Å². The van der Waals surface area contributed by atoms with Crippen LogP contribution in [0.3, 0.4) is 0 Å². The van der Waals surface area contributed by atoms with Crippen molar-refractivity contribution in [3.63, 3.8) is 0 Å². The van der Waals surface area contributed by atoms with Gasteiger partial charge in [0, 0.05) is 11.1 Å². The molecule has 5 aromatic rings. The molecule has 0 aliphatic rings. The van der Waals surface area contributed by atoms with E-state index in [0.717, 1.165) is 20.6 Å². The number of hydrogen-bond acceptors (Lipinski definition) is 4. The lowest BCUT2D eigenvalue weighted by Gasteiger charge is -2.14. The number of anilines is 1. The second-order valence-corrected chi connectivity index (χ2v) is 8.31. The molecule has 0 spiro atoms. The summed E-state index contributed by atoms with van der Waals surface area (Å²) in [5.74, 6) is 0.138. The first-order valence-corrected chi connectivity index (χ1v) is 11.0. The van der Waals surface area contributed by atoms with Crippen LogP contribution < -0.4 is 15.7 Å². The summed E-state index contributed by atoms with van der Waals surface area (Å²) in [4.78, 5) is 25.7. The molecule has 1 amide bonds. The summed E-state index contributed by atoms with van der Waals surface area (Å²) in [6.45, 7) is 0. The number of halogens is 1. The molecule has 0 atom stereocenters. The minimum absolute atomic E-state index is 0.319. The number of nitrogens with one attached hydrogen (secondary N) is 1. The van der Waals surface area contributed by atoms with Crippen molar-refractivity contribution in [1.29, 1.82) is 0 Å². The Bertz CT molecular complexity index is 1590. The van der Waals surface area contributed by atoms with Crippen LogP contribution in [-0.2, 0) is 0 Å². The number of rotatable bonds is 4. The largest absolute Gasteiger partial charge is 0.495 e. The second-order valence-electron chi connectivity index (χ2n) is 7.51. The third-order valence-electron chi connectivity index (χ3n) is 5.46. The van der Waals surface area contributed by atoms with Gasteiger partial charge in [0.15, 0.2) is 0 Å². The fraction of sp³-hybridized carbons (Fsp3) is 0.0370. The molecule has 0 radical (unpaired) electrons. The number of para-hydroxylation sites is 1. The zero-order chi connectivity index (χ0) is 22.9. The lowest BCUT2D eigenvalue weighted by atomic mass is 10.0. The van der Waals surface area contributed by atoms with Crippen LogP contribution in [0.1, 0.15) is 10.4 Å². The molecule has 6 heteroatoms. The quantitative estimate of drug-likeness (QED) is 0.281. The lowest BCUT2D eigenvalue weighted by Crippen LogP contribution is -2.14. The number of ether oxygens (including phenoxy) is 1. The fourth-order valence-electron chi connectivity index (χ4n) is 3.88. The Hall–Kier alpha value is -3.90. The third-order valence-corrected chi connectivity index (χ3v) is 6.25. The normalized spacial score (nSPS) is 11.0. The topological polar surface area (TPSA) is 68.5 Å². The van der Waals surface area contributed by atoms with Gasteiger partial charge in [0.05, 0.1) is 22.7 Å². The predicted molar refractivity (Wildman–Crippen MR) is 134 cm³/mol. The van der Waals surface area contributed by atoms with Crippen molar-refractivity contribution in [2.75, 3.05) is 12.4 Å². The zero-order valence-electron chi connectivity index (χ0n) is 17.6. The maximum absolute atomic E-state index is 13.2. The van der Waals surface area contributed by atoms with Crippen LogP contribution in [-0.4, -0.2) is 13.0 Å². The van der Waals surface area contributed by atoms with Gasteiger partial charge < -0.3 is 14.5 Å². The van der Waals surface area contributed by atoms with Crippen LogP contribution in [0, 0.1) is 0 Å². The van der Waals surface area contributed by atoms with Gasteiger partial charge in [0.1, 0.15) is 11.3 Å². The van der Waals surface area contributed by atoms with E-state index in [0.29, 0.717) is 33.7 Å². The number of amides is 1. The number of fused-ring (bicyclic) bond motifs is 2. The number of carbonyl (C=O) groups excluding carboxylic acids is 1. The molecule has 0 fully saturated rings. The van der Waals surface area contributed by atoms with Crippen LogP contribution in [0.5, 0.6) is 5.75 Å². The predicted octanol–water partition coefficient (Wildman–Crippen LogP) is 6.64. The van der Waals surface area contributed by atoms with Crippen LogP contribution in [0.25, 0.3) is 32.9 Å². The van der Waals surface area contributed by atoms with Crippen molar-refractivity contribution >= 4 is 49.3 Å². The monoisotopic (exact) mass is 499 g/mol. The SMILES string of the molecule is COc1c(C(=O)Nc2cccc(-c3cc4ccccc4oc3=O)c2)cc2ccccc2c1Br. The van der Waals surface area contributed by atoms with Crippen LogP contribution in [0.15, 0.2) is 98.6 Å². The highest BCUT2D eigenvalue weighted by Gasteiger charge is 2.18. The molecule has 0 unspecified atom stereocenters. The summed E-state index contributed by atoms with van der Waals surface area (Å²) in [6, 6.07) is 25.8. The Morgan fingerprint density at radius 3 is 2.48 bits per heavy atom. The summed E-state index contributed by atoms with van der Waals surface area (Å²) in [5, 5.41) is 5.61. The van der Waals surface area contributed by atoms with E-state index >= 15 is 0 Å². The zero-order valence-corrected chi connectivity index (χ0v) is 19.2. The minimum atomic E-state index is -0.433. The van der Waals surface area contributed by atoms with Crippen molar-refractivity contribution in [3.05, 3.63) is 105 Å². The van der Waals surface area contributed by atoms with Gasteiger partial charge in [0.25, 0.3) is 5.91 Å². The molecule has 5 nitrogen and oxygen atoms in total. The van der Waals surface area contributed by atoms with Crippen molar-refractivity contribution in [2.24, 2.45) is 0 Å². The minimum Gasteiger partial charge on any atom is -0.495 e. The van der Waals surface area contributed by atoms with Gasteiger partial charge in [-0.1, -0.05) is 54.6 Å². The van der Waals surface area contributed by atoms with Crippen molar-refractivity contribution in [2.45, 2.75) is 0 Å². The number of methoxy groups -OCH3 is 1. The first-order valence-electron chi connectivity index (χ1n) is 10.2. The molecule has 0 saturated heterocycles. The summed E-state index contributed by atoms with van der Waals surface area (Å²) in [6.07, 6.45) is 0. The van der Waals surface area contributed by atoms with Gasteiger partial charge in [0.2, 0.25) is 0 Å². The Morgan fingerprint density at radius 1 is 0.909 bits per heavy atom. The molecule has 1 N–H and O–H groups in total. The Kier molecular flexibility index (Phi) is 5.44. The van der Waals surface area contributed by atoms with E-state index in [1.807, 2.05) is 48.5 Å². The van der Waals surface area contributed by atoms with E-state index in [-0.39, 0.29) is 5.91 Å². The molecule has 1 aromatic heterocycles. The molecule has 0 bridgehead atoms. The third kappa shape index (κ3) is 3.90. The summed E-state index contributed by atoms with van der Waals surface area (Å²) in [7, 11) is 1.53. The molecule has 162 valence electrons. The molecule has 0 aliphatic carbocycles. The molecule has 0 aliphatic heterocycles. The van der Waals surface area contributed by atoms with Gasteiger partial charge in [-0.3, -0.25) is 4.79 Å². The van der Waals surface area contributed by atoms with Crippen molar-refractivity contribution in [3.8, 4) is 16.9 Å². The van der Waals surface area contributed by atoms with E-state index in [9.17, 15) is 9.59 Å². The van der Waals surface area contributed by atoms with Crippen LogP contribution in [0.4, 0.5) is 5.69 Å². The maximum Gasteiger partial charge on any atom is 0.344 e. The summed E-state index contributed by atoms with van der Waals surface area (Å²) < 4.78 is 11.7. The smallest absolute Gasteiger partial charge is 0.344 e. The maximum atomic E-state index is 13.2. The second kappa shape index (κ2) is 8.56. The summed E-state index contributed by atoms with van der Waals surface area (Å²) >= 11 is 3.57. The van der Waals surface area contributed by atoms with E-state index in [1.165, 1.54) is 7.11 Å². The Labute approximate surface area is 197 Å². The highest BCUT2D eigenvalue weighted by atomic mass is 79.9. The van der Waals surface area contributed by atoms with E-state index in [4.69, 9.17) is 9.15 Å². The molecule has 4 aromatic carbocycles. The Balaban J connectivity index is 1.52. The number of benzene rings is 4. The van der Waals surface area contributed by atoms with Gasteiger partial charge in [-0.2, -0.15) is 0 Å². The van der Waals surface area contributed by atoms with Gasteiger partial charge >= 0.3 is 5.63 Å².